The Hall–Kier alpha value is -1.37. The standard InChI is InChI=1S/C16H25BO5/c1-15(2,19)16(3,4)22-17(20)13(11-14(18)21-5)12-9-7-6-8-10-12/h6-10,13,19-20H,11H2,1-5H3. The van der Waals surface area contributed by atoms with Crippen molar-refractivity contribution in [1.29, 1.82) is 0 Å². The lowest BCUT2D eigenvalue weighted by Crippen LogP contribution is -2.51. The number of esters is 1. The Morgan fingerprint density at radius 2 is 1.77 bits per heavy atom. The van der Waals surface area contributed by atoms with Crippen LogP contribution < -0.4 is 0 Å². The summed E-state index contributed by atoms with van der Waals surface area (Å²) in [6.45, 7) is 6.60. The highest BCUT2D eigenvalue weighted by atomic mass is 16.6. The third-order valence-electron chi connectivity index (χ3n) is 4.07. The van der Waals surface area contributed by atoms with Gasteiger partial charge in [0.05, 0.1) is 24.7 Å². The SMILES string of the molecule is COC(=O)CC(B(O)OC(C)(C)C(C)(C)O)c1ccccc1. The number of aliphatic hydroxyl groups is 1. The van der Waals surface area contributed by atoms with Crippen molar-refractivity contribution in [3.05, 3.63) is 35.9 Å². The van der Waals surface area contributed by atoms with E-state index in [0.717, 1.165) is 5.56 Å². The summed E-state index contributed by atoms with van der Waals surface area (Å²) < 4.78 is 10.4. The lowest BCUT2D eigenvalue weighted by molar-refractivity contribution is -0.141. The van der Waals surface area contributed by atoms with Gasteiger partial charge in [-0.1, -0.05) is 30.3 Å². The normalized spacial score (nSPS) is 13.6. The van der Waals surface area contributed by atoms with Crippen molar-refractivity contribution in [3.63, 3.8) is 0 Å². The van der Waals surface area contributed by atoms with Crippen LogP contribution in [0.2, 0.25) is 0 Å². The van der Waals surface area contributed by atoms with E-state index < -0.39 is 30.1 Å². The third kappa shape index (κ3) is 4.83. The van der Waals surface area contributed by atoms with Crippen LogP contribution in [-0.2, 0) is 14.2 Å². The summed E-state index contributed by atoms with van der Waals surface area (Å²) in [5, 5.41) is 20.6. The van der Waals surface area contributed by atoms with Crippen LogP contribution in [-0.4, -0.2) is 41.5 Å². The van der Waals surface area contributed by atoms with Crippen LogP contribution in [0.3, 0.4) is 0 Å². The number of hydrogen-bond acceptors (Lipinski definition) is 5. The first-order valence-electron chi connectivity index (χ1n) is 7.28. The minimum Gasteiger partial charge on any atom is -0.469 e. The largest absolute Gasteiger partial charge is 0.469 e. The van der Waals surface area contributed by atoms with Gasteiger partial charge in [0.15, 0.2) is 0 Å². The second kappa shape index (κ2) is 7.27. The average molecular weight is 308 g/mol. The van der Waals surface area contributed by atoms with E-state index >= 15 is 0 Å². The van der Waals surface area contributed by atoms with Gasteiger partial charge in [0, 0.05) is 5.82 Å². The van der Waals surface area contributed by atoms with Crippen LogP contribution in [0.5, 0.6) is 0 Å². The number of methoxy groups -OCH3 is 1. The average Bonchev–Trinajstić information content (AvgIpc) is 2.43. The van der Waals surface area contributed by atoms with Gasteiger partial charge in [0.1, 0.15) is 0 Å². The second-order valence-electron chi connectivity index (χ2n) is 6.38. The highest BCUT2D eigenvalue weighted by Gasteiger charge is 2.42. The van der Waals surface area contributed by atoms with Gasteiger partial charge in [-0.3, -0.25) is 4.79 Å². The van der Waals surface area contributed by atoms with E-state index in [2.05, 4.69) is 0 Å². The Balaban J connectivity index is 2.99. The fourth-order valence-corrected chi connectivity index (χ4v) is 1.87. The molecule has 0 amide bonds. The molecule has 22 heavy (non-hydrogen) atoms. The van der Waals surface area contributed by atoms with E-state index in [-0.39, 0.29) is 6.42 Å². The lowest BCUT2D eigenvalue weighted by atomic mass is 9.65. The molecule has 1 aromatic carbocycles. The van der Waals surface area contributed by atoms with E-state index in [9.17, 15) is 14.9 Å². The van der Waals surface area contributed by atoms with Crippen molar-refractivity contribution in [3.8, 4) is 0 Å². The van der Waals surface area contributed by atoms with E-state index in [1.165, 1.54) is 7.11 Å². The summed E-state index contributed by atoms with van der Waals surface area (Å²) in [4.78, 5) is 11.6. The molecule has 0 heterocycles. The first-order chi connectivity index (χ1) is 10.1. The molecule has 0 aliphatic carbocycles. The number of hydrogen-bond donors (Lipinski definition) is 2. The molecule has 0 aromatic heterocycles. The number of carbonyl (C=O) groups excluding carboxylic acids is 1. The fourth-order valence-electron chi connectivity index (χ4n) is 1.87. The van der Waals surface area contributed by atoms with Crippen LogP contribution in [0.4, 0.5) is 0 Å². The maximum absolute atomic E-state index is 11.6. The number of rotatable bonds is 7. The van der Waals surface area contributed by atoms with Gasteiger partial charge in [-0.2, -0.15) is 0 Å². The minimum atomic E-state index is -1.25. The van der Waals surface area contributed by atoms with Crippen molar-refractivity contribution in [1.82, 2.24) is 0 Å². The summed E-state index contributed by atoms with van der Waals surface area (Å²) in [5.41, 5.74) is -1.37. The molecule has 0 saturated heterocycles. The predicted molar refractivity (Wildman–Crippen MR) is 85.3 cm³/mol. The van der Waals surface area contributed by atoms with Gasteiger partial charge in [0.25, 0.3) is 0 Å². The van der Waals surface area contributed by atoms with Crippen molar-refractivity contribution in [2.24, 2.45) is 0 Å². The Labute approximate surface area is 132 Å². The lowest BCUT2D eigenvalue weighted by Gasteiger charge is -2.39. The van der Waals surface area contributed by atoms with Gasteiger partial charge >= 0.3 is 13.1 Å². The second-order valence-corrected chi connectivity index (χ2v) is 6.38. The van der Waals surface area contributed by atoms with Crippen LogP contribution in [0.15, 0.2) is 30.3 Å². The molecule has 1 rings (SSSR count). The maximum Gasteiger partial charge on any atom is 0.463 e. The molecule has 2 N–H and O–H groups in total. The highest BCUT2D eigenvalue weighted by molar-refractivity contribution is 6.45. The summed E-state index contributed by atoms with van der Waals surface area (Å²) in [7, 11) is 0.0567. The molecule has 1 atom stereocenters. The smallest absolute Gasteiger partial charge is 0.463 e. The highest BCUT2D eigenvalue weighted by Crippen LogP contribution is 2.30. The molecule has 1 aromatic rings. The number of ether oxygens (including phenoxy) is 1. The molecule has 0 spiro atoms. The number of benzene rings is 1. The van der Waals surface area contributed by atoms with Gasteiger partial charge in [-0.25, -0.2) is 0 Å². The molecule has 0 aliphatic rings. The fraction of sp³-hybridized carbons (Fsp3) is 0.562. The van der Waals surface area contributed by atoms with Crippen molar-refractivity contribution >= 4 is 13.1 Å². The van der Waals surface area contributed by atoms with E-state index in [1.807, 2.05) is 30.3 Å². The molecule has 1 unspecified atom stereocenters. The molecular weight excluding hydrogens is 283 g/mol. The van der Waals surface area contributed by atoms with E-state index in [0.29, 0.717) is 0 Å². The zero-order chi connectivity index (χ0) is 17.0. The topological polar surface area (TPSA) is 76.0 Å². The zero-order valence-electron chi connectivity index (χ0n) is 13.9. The molecule has 0 bridgehead atoms. The first-order valence-corrected chi connectivity index (χ1v) is 7.28. The Bertz CT molecular complexity index is 481. The maximum atomic E-state index is 11.6. The van der Waals surface area contributed by atoms with Gasteiger partial charge in [-0.15, -0.1) is 0 Å². The third-order valence-corrected chi connectivity index (χ3v) is 4.07. The minimum absolute atomic E-state index is 0.0103. The monoisotopic (exact) mass is 308 g/mol. The predicted octanol–water partition coefficient (Wildman–Crippen LogP) is 1.92. The number of carbonyl (C=O) groups is 1. The Morgan fingerprint density at radius 3 is 2.23 bits per heavy atom. The molecular formula is C16H25BO5. The van der Waals surface area contributed by atoms with Crippen molar-refractivity contribution in [2.75, 3.05) is 7.11 Å². The Morgan fingerprint density at radius 1 is 1.23 bits per heavy atom. The molecule has 0 radical (unpaired) electrons. The van der Waals surface area contributed by atoms with Crippen LogP contribution in [0.1, 0.15) is 45.5 Å². The van der Waals surface area contributed by atoms with E-state index in [4.69, 9.17) is 9.39 Å². The first kappa shape index (κ1) is 18.7. The molecule has 6 heteroatoms. The summed E-state index contributed by atoms with van der Waals surface area (Å²) >= 11 is 0. The van der Waals surface area contributed by atoms with Crippen molar-refractivity contribution in [2.45, 2.75) is 51.1 Å². The summed E-state index contributed by atoms with van der Waals surface area (Å²) in [6, 6.07) is 9.14. The van der Waals surface area contributed by atoms with Gasteiger partial charge < -0.3 is 19.5 Å². The summed E-state index contributed by atoms with van der Waals surface area (Å²) in [6.07, 6.45) is -0.0103. The summed E-state index contributed by atoms with van der Waals surface area (Å²) in [5.74, 6) is -1.01. The molecule has 0 fully saturated rings. The van der Waals surface area contributed by atoms with Crippen LogP contribution in [0.25, 0.3) is 0 Å². The quantitative estimate of drug-likeness (QED) is 0.594. The molecule has 0 aliphatic heterocycles. The van der Waals surface area contributed by atoms with Crippen LogP contribution in [0, 0.1) is 0 Å². The van der Waals surface area contributed by atoms with Crippen LogP contribution >= 0.6 is 0 Å². The molecule has 5 nitrogen and oxygen atoms in total. The molecule has 122 valence electrons. The van der Waals surface area contributed by atoms with Gasteiger partial charge in [-0.05, 0) is 33.3 Å². The zero-order valence-corrected chi connectivity index (χ0v) is 13.9. The van der Waals surface area contributed by atoms with Gasteiger partial charge in [0.2, 0.25) is 0 Å². The van der Waals surface area contributed by atoms with Crippen molar-refractivity contribution < 1.29 is 24.3 Å². The molecule has 0 saturated carbocycles. The van der Waals surface area contributed by atoms with E-state index in [1.54, 1.807) is 27.7 Å². The Kier molecular flexibility index (Phi) is 6.17.